The molecule has 1 aromatic rings. The van der Waals surface area contributed by atoms with Crippen LogP contribution in [0.4, 0.5) is 5.69 Å². The van der Waals surface area contributed by atoms with E-state index in [9.17, 15) is 9.59 Å². The minimum absolute atomic E-state index is 0.189. The highest BCUT2D eigenvalue weighted by atomic mass is 16.5. The number of rotatable bonds is 4. The van der Waals surface area contributed by atoms with Gasteiger partial charge in [0.1, 0.15) is 5.75 Å². The van der Waals surface area contributed by atoms with Crippen molar-refractivity contribution in [2.24, 2.45) is 0 Å². The Bertz CT molecular complexity index is 442. The highest BCUT2D eigenvalue weighted by molar-refractivity contribution is 5.88. The first kappa shape index (κ1) is 13.0. The van der Waals surface area contributed by atoms with E-state index >= 15 is 0 Å². The van der Waals surface area contributed by atoms with Crippen LogP contribution < -0.4 is 10.1 Å². The summed E-state index contributed by atoms with van der Waals surface area (Å²) in [7, 11) is 0. The molecule has 1 atom stereocenters. The number of aryl methyl sites for hydroxylation is 1. The van der Waals surface area contributed by atoms with Crippen LogP contribution in [0.25, 0.3) is 0 Å². The number of hydrogen-bond acceptors (Lipinski definition) is 3. The standard InChI is InChI=1S/C12H15NO4/c1-7-4-5-10(13-9(3)14)6-11(7)17-8(2)12(15)16/h4-6,8H,1-3H3,(H,13,14)(H,15,16). The maximum absolute atomic E-state index is 10.9. The summed E-state index contributed by atoms with van der Waals surface area (Å²) in [5.74, 6) is -0.772. The molecule has 0 radical (unpaired) electrons. The number of carbonyl (C=O) groups excluding carboxylic acids is 1. The zero-order valence-corrected chi connectivity index (χ0v) is 9.98. The molecule has 5 nitrogen and oxygen atoms in total. The van der Waals surface area contributed by atoms with Crippen molar-refractivity contribution >= 4 is 17.6 Å². The molecule has 0 aliphatic carbocycles. The minimum atomic E-state index is -1.03. The number of anilines is 1. The van der Waals surface area contributed by atoms with Crippen LogP contribution >= 0.6 is 0 Å². The molecule has 0 saturated carbocycles. The topological polar surface area (TPSA) is 75.6 Å². The van der Waals surface area contributed by atoms with E-state index in [2.05, 4.69) is 5.32 Å². The zero-order chi connectivity index (χ0) is 13.0. The third-order valence-electron chi connectivity index (χ3n) is 2.16. The summed E-state index contributed by atoms with van der Waals surface area (Å²) in [4.78, 5) is 21.6. The Hall–Kier alpha value is -2.04. The number of amides is 1. The van der Waals surface area contributed by atoms with E-state index in [4.69, 9.17) is 9.84 Å². The monoisotopic (exact) mass is 237 g/mol. The summed E-state index contributed by atoms with van der Waals surface area (Å²) in [6.07, 6.45) is -0.929. The molecule has 1 unspecified atom stereocenters. The van der Waals surface area contributed by atoms with Crippen LogP contribution in [0.15, 0.2) is 18.2 Å². The van der Waals surface area contributed by atoms with E-state index in [0.717, 1.165) is 5.56 Å². The number of carbonyl (C=O) groups is 2. The van der Waals surface area contributed by atoms with Crippen LogP contribution in [-0.4, -0.2) is 23.1 Å². The quantitative estimate of drug-likeness (QED) is 0.837. The smallest absolute Gasteiger partial charge is 0.344 e. The second-order valence-electron chi connectivity index (χ2n) is 3.76. The second kappa shape index (κ2) is 5.34. The van der Waals surface area contributed by atoms with E-state index in [0.29, 0.717) is 11.4 Å². The zero-order valence-electron chi connectivity index (χ0n) is 9.98. The maximum Gasteiger partial charge on any atom is 0.344 e. The molecule has 0 aliphatic rings. The number of benzene rings is 1. The highest BCUT2D eigenvalue weighted by Crippen LogP contribution is 2.23. The molecule has 17 heavy (non-hydrogen) atoms. The predicted octanol–water partition coefficient (Wildman–Crippen LogP) is 1.81. The molecule has 1 rings (SSSR count). The molecule has 5 heteroatoms. The van der Waals surface area contributed by atoms with Gasteiger partial charge >= 0.3 is 5.97 Å². The molecule has 0 saturated heterocycles. The third-order valence-corrected chi connectivity index (χ3v) is 2.16. The van der Waals surface area contributed by atoms with Gasteiger partial charge in [-0.15, -0.1) is 0 Å². The average molecular weight is 237 g/mol. The lowest BCUT2D eigenvalue weighted by Gasteiger charge is -2.14. The Balaban J connectivity index is 2.90. The first-order valence-corrected chi connectivity index (χ1v) is 5.18. The van der Waals surface area contributed by atoms with Gasteiger partial charge in [-0.25, -0.2) is 4.79 Å². The predicted molar refractivity (Wildman–Crippen MR) is 63.2 cm³/mol. The van der Waals surface area contributed by atoms with Crippen LogP contribution in [-0.2, 0) is 9.59 Å². The number of carboxylic acid groups (broad SMARTS) is 1. The van der Waals surface area contributed by atoms with Crippen molar-refractivity contribution in [3.63, 3.8) is 0 Å². The molecule has 2 N–H and O–H groups in total. The number of nitrogens with one attached hydrogen (secondary N) is 1. The number of ether oxygens (including phenoxy) is 1. The molecule has 92 valence electrons. The van der Waals surface area contributed by atoms with Gasteiger partial charge in [-0.1, -0.05) is 6.07 Å². The molecule has 0 fully saturated rings. The van der Waals surface area contributed by atoms with Gasteiger partial charge < -0.3 is 15.2 Å². The summed E-state index contributed by atoms with van der Waals surface area (Å²) < 4.78 is 5.28. The first-order valence-electron chi connectivity index (χ1n) is 5.18. The van der Waals surface area contributed by atoms with Crippen LogP contribution in [0.2, 0.25) is 0 Å². The lowest BCUT2D eigenvalue weighted by Crippen LogP contribution is -2.23. The third kappa shape index (κ3) is 3.79. The molecule has 0 bridgehead atoms. The summed E-state index contributed by atoms with van der Waals surface area (Å²) in [6.45, 7) is 4.66. The summed E-state index contributed by atoms with van der Waals surface area (Å²) in [6, 6.07) is 5.10. The van der Waals surface area contributed by atoms with E-state index in [1.807, 2.05) is 0 Å². The van der Waals surface area contributed by atoms with Gasteiger partial charge in [-0.2, -0.15) is 0 Å². The van der Waals surface area contributed by atoms with E-state index < -0.39 is 12.1 Å². The van der Waals surface area contributed by atoms with Crippen LogP contribution in [0, 0.1) is 6.92 Å². The van der Waals surface area contributed by atoms with Crippen molar-refractivity contribution in [3.05, 3.63) is 23.8 Å². The van der Waals surface area contributed by atoms with Crippen LogP contribution in [0.1, 0.15) is 19.4 Å². The molecule has 0 spiro atoms. The van der Waals surface area contributed by atoms with Crippen LogP contribution in [0.5, 0.6) is 5.75 Å². The number of aliphatic carboxylic acids is 1. The normalized spacial score (nSPS) is 11.7. The van der Waals surface area contributed by atoms with Gasteiger partial charge in [-0.3, -0.25) is 4.79 Å². The Kier molecular flexibility index (Phi) is 4.09. The Labute approximate surface area is 99.4 Å². The van der Waals surface area contributed by atoms with Crippen molar-refractivity contribution in [2.75, 3.05) is 5.32 Å². The SMILES string of the molecule is CC(=O)Nc1ccc(C)c(OC(C)C(=O)O)c1. The van der Waals surface area contributed by atoms with Gasteiger partial charge in [0.25, 0.3) is 0 Å². The first-order chi connectivity index (χ1) is 7.90. The van der Waals surface area contributed by atoms with Gasteiger partial charge in [-0.05, 0) is 25.5 Å². The van der Waals surface area contributed by atoms with Gasteiger partial charge in [0.2, 0.25) is 5.91 Å². The van der Waals surface area contributed by atoms with E-state index in [-0.39, 0.29) is 5.91 Å². The van der Waals surface area contributed by atoms with Gasteiger partial charge in [0.15, 0.2) is 6.10 Å². The average Bonchev–Trinajstić information content (AvgIpc) is 2.22. The molecule has 0 aliphatic heterocycles. The second-order valence-corrected chi connectivity index (χ2v) is 3.76. The fraction of sp³-hybridized carbons (Fsp3) is 0.333. The van der Waals surface area contributed by atoms with E-state index in [1.54, 1.807) is 25.1 Å². The van der Waals surface area contributed by atoms with Crippen molar-refractivity contribution in [2.45, 2.75) is 26.9 Å². The Morgan fingerprint density at radius 1 is 1.41 bits per heavy atom. The molecular formula is C12H15NO4. The summed E-state index contributed by atoms with van der Waals surface area (Å²) in [5, 5.41) is 11.4. The van der Waals surface area contributed by atoms with Crippen molar-refractivity contribution in [1.29, 1.82) is 0 Å². The van der Waals surface area contributed by atoms with Gasteiger partial charge in [0.05, 0.1) is 0 Å². The number of hydrogen-bond donors (Lipinski definition) is 2. The molecular weight excluding hydrogens is 222 g/mol. The van der Waals surface area contributed by atoms with Crippen molar-refractivity contribution in [3.8, 4) is 5.75 Å². The van der Waals surface area contributed by atoms with Crippen molar-refractivity contribution in [1.82, 2.24) is 0 Å². The molecule has 0 heterocycles. The number of carboxylic acids is 1. The minimum Gasteiger partial charge on any atom is -0.479 e. The summed E-state index contributed by atoms with van der Waals surface area (Å²) in [5.41, 5.74) is 1.39. The Morgan fingerprint density at radius 2 is 2.06 bits per heavy atom. The lowest BCUT2D eigenvalue weighted by molar-refractivity contribution is -0.144. The fourth-order valence-electron chi connectivity index (χ4n) is 1.25. The Morgan fingerprint density at radius 3 is 2.59 bits per heavy atom. The highest BCUT2D eigenvalue weighted by Gasteiger charge is 2.14. The fourth-order valence-corrected chi connectivity index (χ4v) is 1.25. The van der Waals surface area contributed by atoms with Gasteiger partial charge in [0, 0.05) is 18.7 Å². The van der Waals surface area contributed by atoms with Crippen molar-refractivity contribution < 1.29 is 19.4 Å². The van der Waals surface area contributed by atoms with E-state index in [1.165, 1.54) is 13.8 Å². The largest absolute Gasteiger partial charge is 0.479 e. The summed E-state index contributed by atoms with van der Waals surface area (Å²) >= 11 is 0. The molecule has 1 aromatic carbocycles. The lowest BCUT2D eigenvalue weighted by atomic mass is 10.2. The molecule has 1 amide bonds. The maximum atomic E-state index is 10.9. The molecule has 0 aromatic heterocycles. The van der Waals surface area contributed by atoms with Crippen LogP contribution in [0.3, 0.4) is 0 Å².